The van der Waals surface area contributed by atoms with Crippen LogP contribution >= 0.6 is 0 Å². The number of nitrogens with two attached hydrogens (primary N) is 1. The number of carbonyl (C=O) groups excluding carboxylic acids is 1. The van der Waals surface area contributed by atoms with Crippen molar-refractivity contribution in [2.45, 2.75) is 19.4 Å². The fourth-order valence-electron chi connectivity index (χ4n) is 1.66. The van der Waals surface area contributed by atoms with Gasteiger partial charge in [0.2, 0.25) is 11.8 Å². The van der Waals surface area contributed by atoms with Crippen molar-refractivity contribution in [1.29, 1.82) is 0 Å². The molecule has 0 radical (unpaired) electrons. The summed E-state index contributed by atoms with van der Waals surface area (Å²) in [6, 6.07) is 8.58. The summed E-state index contributed by atoms with van der Waals surface area (Å²) in [5.74, 6) is 0.875. The second kappa shape index (κ2) is 6.10. The molecule has 0 saturated heterocycles. The Morgan fingerprint density at radius 1 is 1.42 bits per heavy atom. The van der Waals surface area contributed by atoms with Crippen LogP contribution < -0.4 is 11.1 Å². The van der Waals surface area contributed by atoms with Gasteiger partial charge in [-0.05, 0) is 5.56 Å². The van der Waals surface area contributed by atoms with Gasteiger partial charge < -0.3 is 15.6 Å². The average molecular weight is 260 g/mol. The third kappa shape index (κ3) is 3.62. The third-order valence-electron chi connectivity index (χ3n) is 2.66. The van der Waals surface area contributed by atoms with E-state index in [9.17, 15) is 4.79 Å². The second-order valence-corrected chi connectivity index (χ2v) is 4.16. The molecule has 19 heavy (non-hydrogen) atoms. The van der Waals surface area contributed by atoms with Gasteiger partial charge in [0.25, 0.3) is 0 Å². The number of aromatic nitrogens is 2. The first-order valence-corrected chi connectivity index (χ1v) is 6.04. The van der Waals surface area contributed by atoms with E-state index in [4.69, 9.17) is 10.3 Å². The summed E-state index contributed by atoms with van der Waals surface area (Å²) >= 11 is 0. The van der Waals surface area contributed by atoms with E-state index in [2.05, 4.69) is 15.5 Å². The number of aryl methyl sites for hydroxylation is 1. The Kier molecular flexibility index (Phi) is 4.25. The van der Waals surface area contributed by atoms with Gasteiger partial charge in [0.05, 0.1) is 0 Å². The zero-order chi connectivity index (χ0) is 13.7. The highest BCUT2D eigenvalue weighted by molar-refractivity contribution is 5.82. The number of amides is 1. The Morgan fingerprint density at radius 2 is 2.16 bits per heavy atom. The highest BCUT2D eigenvalue weighted by atomic mass is 16.5. The van der Waals surface area contributed by atoms with Crippen LogP contribution in [0.3, 0.4) is 0 Å². The molecule has 1 aromatic heterocycles. The highest BCUT2D eigenvalue weighted by Gasteiger charge is 2.14. The van der Waals surface area contributed by atoms with Gasteiger partial charge in [0.1, 0.15) is 6.04 Å². The summed E-state index contributed by atoms with van der Waals surface area (Å²) in [6.07, 6.45) is 0.518. The lowest BCUT2D eigenvalue weighted by Gasteiger charge is -2.11. The lowest BCUT2D eigenvalue weighted by Crippen LogP contribution is -2.35. The van der Waals surface area contributed by atoms with Crippen LogP contribution in [0.2, 0.25) is 0 Å². The number of hydrogen-bond acceptors (Lipinski definition) is 5. The van der Waals surface area contributed by atoms with Gasteiger partial charge in [-0.1, -0.05) is 35.5 Å². The standard InChI is InChI=1S/C13H16N4O2/c1-9-16-11(17-19-9)7-8-15-13(18)12(14)10-5-3-2-4-6-10/h2-6,12H,7-8,14H2,1H3,(H,15,18). The smallest absolute Gasteiger partial charge is 0.241 e. The SMILES string of the molecule is Cc1nc(CCNC(=O)C(N)c2ccccc2)no1. The van der Waals surface area contributed by atoms with Crippen molar-refractivity contribution in [1.82, 2.24) is 15.5 Å². The van der Waals surface area contributed by atoms with E-state index < -0.39 is 6.04 Å². The molecular weight excluding hydrogens is 244 g/mol. The van der Waals surface area contributed by atoms with E-state index in [1.165, 1.54) is 0 Å². The van der Waals surface area contributed by atoms with Gasteiger partial charge in [0.15, 0.2) is 5.82 Å². The molecule has 0 aliphatic heterocycles. The van der Waals surface area contributed by atoms with Crippen molar-refractivity contribution < 1.29 is 9.32 Å². The van der Waals surface area contributed by atoms with E-state index in [-0.39, 0.29) is 5.91 Å². The Morgan fingerprint density at radius 3 is 2.79 bits per heavy atom. The van der Waals surface area contributed by atoms with Crippen molar-refractivity contribution in [3.63, 3.8) is 0 Å². The molecule has 6 heteroatoms. The molecule has 0 fully saturated rings. The first-order chi connectivity index (χ1) is 9.16. The molecule has 0 aliphatic carbocycles. The molecule has 1 unspecified atom stereocenters. The van der Waals surface area contributed by atoms with Crippen molar-refractivity contribution in [2.75, 3.05) is 6.54 Å². The zero-order valence-electron chi connectivity index (χ0n) is 10.7. The minimum absolute atomic E-state index is 0.216. The van der Waals surface area contributed by atoms with Crippen LogP contribution in [0.4, 0.5) is 0 Å². The van der Waals surface area contributed by atoms with Crippen LogP contribution in [0.1, 0.15) is 23.3 Å². The highest BCUT2D eigenvalue weighted by Crippen LogP contribution is 2.09. The van der Waals surface area contributed by atoms with Gasteiger partial charge in [0, 0.05) is 19.9 Å². The first kappa shape index (κ1) is 13.2. The maximum absolute atomic E-state index is 11.8. The lowest BCUT2D eigenvalue weighted by molar-refractivity contribution is -0.122. The molecule has 1 amide bonds. The quantitative estimate of drug-likeness (QED) is 0.826. The van der Waals surface area contributed by atoms with Crippen LogP contribution in [-0.2, 0) is 11.2 Å². The number of hydrogen-bond donors (Lipinski definition) is 2. The Labute approximate surface area is 111 Å². The Balaban J connectivity index is 1.81. The predicted molar refractivity (Wildman–Crippen MR) is 69.1 cm³/mol. The number of benzene rings is 1. The average Bonchev–Trinajstić information content (AvgIpc) is 2.84. The van der Waals surface area contributed by atoms with E-state index in [1.54, 1.807) is 6.92 Å². The van der Waals surface area contributed by atoms with Gasteiger partial charge in [-0.3, -0.25) is 4.79 Å². The summed E-state index contributed by atoms with van der Waals surface area (Å²) in [4.78, 5) is 15.9. The molecule has 6 nitrogen and oxygen atoms in total. The van der Waals surface area contributed by atoms with Gasteiger partial charge in [-0.2, -0.15) is 4.98 Å². The molecule has 1 heterocycles. The van der Waals surface area contributed by atoms with Gasteiger partial charge in [-0.15, -0.1) is 0 Å². The molecule has 100 valence electrons. The fraction of sp³-hybridized carbons (Fsp3) is 0.308. The van der Waals surface area contributed by atoms with Crippen molar-refractivity contribution in [3.8, 4) is 0 Å². The molecular formula is C13H16N4O2. The Hall–Kier alpha value is -2.21. The van der Waals surface area contributed by atoms with E-state index in [0.29, 0.717) is 24.7 Å². The van der Waals surface area contributed by atoms with Crippen LogP contribution in [0, 0.1) is 6.92 Å². The van der Waals surface area contributed by atoms with Crippen molar-refractivity contribution >= 4 is 5.91 Å². The summed E-state index contributed by atoms with van der Waals surface area (Å²) < 4.78 is 4.84. The fourth-order valence-corrected chi connectivity index (χ4v) is 1.66. The molecule has 0 bridgehead atoms. The van der Waals surface area contributed by atoms with E-state index in [1.807, 2.05) is 30.3 Å². The number of rotatable bonds is 5. The van der Waals surface area contributed by atoms with Crippen LogP contribution in [-0.4, -0.2) is 22.6 Å². The number of carbonyl (C=O) groups is 1. The second-order valence-electron chi connectivity index (χ2n) is 4.16. The predicted octanol–water partition coefficient (Wildman–Crippen LogP) is 0.737. The summed E-state index contributed by atoms with van der Waals surface area (Å²) in [5, 5.41) is 6.50. The number of nitrogens with one attached hydrogen (secondary N) is 1. The molecule has 0 aliphatic rings. The largest absolute Gasteiger partial charge is 0.354 e. The zero-order valence-corrected chi connectivity index (χ0v) is 10.7. The number of nitrogens with zero attached hydrogens (tertiary/aromatic N) is 2. The van der Waals surface area contributed by atoms with Crippen LogP contribution in [0.25, 0.3) is 0 Å². The van der Waals surface area contributed by atoms with E-state index in [0.717, 1.165) is 5.56 Å². The Bertz CT molecular complexity index is 539. The molecule has 2 aromatic rings. The topological polar surface area (TPSA) is 94.0 Å². The molecule has 1 atom stereocenters. The maximum Gasteiger partial charge on any atom is 0.241 e. The minimum Gasteiger partial charge on any atom is -0.354 e. The summed E-state index contributed by atoms with van der Waals surface area (Å²) in [6.45, 7) is 2.15. The van der Waals surface area contributed by atoms with Crippen LogP contribution in [0.15, 0.2) is 34.9 Å². The monoisotopic (exact) mass is 260 g/mol. The molecule has 2 rings (SSSR count). The van der Waals surface area contributed by atoms with Gasteiger partial charge in [-0.25, -0.2) is 0 Å². The van der Waals surface area contributed by atoms with Gasteiger partial charge >= 0.3 is 0 Å². The van der Waals surface area contributed by atoms with Crippen molar-refractivity contribution in [3.05, 3.63) is 47.6 Å². The van der Waals surface area contributed by atoms with Crippen LogP contribution in [0.5, 0.6) is 0 Å². The summed E-state index contributed by atoms with van der Waals surface area (Å²) in [5.41, 5.74) is 6.65. The molecule has 1 aromatic carbocycles. The first-order valence-electron chi connectivity index (χ1n) is 6.04. The third-order valence-corrected chi connectivity index (χ3v) is 2.66. The lowest BCUT2D eigenvalue weighted by atomic mass is 10.1. The molecule has 3 N–H and O–H groups in total. The normalized spacial score (nSPS) is 12.1. The molecule has 0 spiro atoms. The minimum atomic E-state index is -0.659. The molecule has 0 saturated carbocycles. The van der Waals surface area contributed by atoms with E-state index >= 15 is 0 Å². The maximum atomic E-state index is 11.8. The van der Waals surface area contributed by atoms with Crippen molar-refractivity contribution in [2.24, 2.45) is 5.73 Å². The summed E-state index contributed by atoms with van der Waals surface area (Å²) in [7, 11) is 0.